The van der Waals surface area contributed by atoms with Crippen molar-refractivity contribution >= 4 is 17.9 Å². The molecule has 0 N–H and O–H groups in total. The van der Waals surface area contributed by atoms with Crippen LogP contribution in [0, 0.1) is 11.6 Å². The Balaban J connectivity index is 2.55. The van der Waals surface area contributed by atoms with Crippen molar-refractivity contribution in [3.8, 4) is 11.1 Å². The van der Waals surface area contributed by atoms with Crippen molar-refractivity contribution < 1.29 is 13.6 Å². The van der Waals surface area contributed by atoms with Crippen molar-refractivity contribution in [3.63, 3.8) is 0 Å². The van der Waals surface area contributed by atoms with Gasteiger partial charge in [0.2, 0.25) is 0 Å². The molecule has 2 aromatic rings. The van der Waals surface area contributed by atoms with Gasteiger partial charge in [0, 0.05) is 10.6 Å². The smallest absolute Gasteiger partial charge is 0.159 e. The van der Waals surface area contributed by atoms with E-state index in [1.54, 1.807) is 12.1 Å². The summed E-state index contributed by atoms with van der Waals surface area (Å²) in [6, 6.07) is 8.17. The maximum absolute atomic E-state index is 13.1. The Labute approximate surface area is 102 Å². The number of hydrogen-bond donors (Lipinski definition) is 0. The first-order chi connectivity index (χ1) is 8.10. The average molecular weight is 253 g/mol. The topological polar surface area (TPSA) is 17.1 Å². The highest BCUT2D eigenvalue weighted by Crippen LogP contribution is 2.25. The SMILES string of the molecule is O=Cc1cc(Cl)cc(-c2ccc(F)c(F)c2)c1. The molecule has 0 fully saturated rings. The Morgan fingerprint density at radius 2 is 1.71 bits per heavy atom. The van der Waals surface area contributed by atoms with Gasteiger partial charge in [0.25, 0.3) is 0 Å². The summed E-state index contributed by atoms with van der Waals surface area (Å²) in [6.07, 6.45) is 0.648. The maximum atomic E-state index is 13.1. The Morgan fingerprint density at radius 3 is 2.35 bits per heavy atom. The molecule has 0 aliphatic carbocycles. The number of carbonyl (C=O) groups excluding carboxylic acids is 1. The summed E-state index contributed by atoms with van der Waals surface area (Å²) in [5.41, 5.74) is 1.42. The van der Waals surface area contributed by atoms with Crippen molar-refractivity contribution in [3.05, 3.63) is 58.6 Å². The molecule has 0 radical (unpaired) electrons. The molecule has 2 aromatic carbocycles. The largest absolute Gasteiger partial charge is 0.298 e. The predicted molar refractivity (Wildman–Crippen MR) is 62.2 cm³/mol. The molecule has 0 atom stereocenters. The molecule has 0 unspecified atom stereocenters. The zero-order chi connectivity index (χ0) is 12.4. The molecule has 17 heavy (non-hydrogen) atoms. The molecule has 0 amide bonds. The Morgan fingerprint density at radius 1 is 0.941 bits per heavy atom. The van der Waals surface area contributed by atoms with Gasteiger partial charge in [-0.05, 0) is 41.5 Å². The summed E-state index contributed by atoms with van der Waals surface area (Å²) in [5.74, 6) is -1.85. The van der Waals surface area contributed by atoms with Crippen molar-refractivity contribution in [1.82, 2.24) is 0 Å². The van der Waals surface area contributed by atoms with Gasteiger partial charge in [-0.3, -0.25) is 4.79 Å². The van der Waals surface area contributed by atoms with E-state index < -0.39 is 11.6 Å². The fraction of sp³-hybridized carbons (Fsp3) is 0. The fourth-order valence-electron chi connectivity index (χ4n) is 1.52. The van der Waals surface area contributed by atoms with Gasteiger partial charge >= 0.3 is 0 Å². The maximum Gasteiger partial charge on any atom is 0.159 e. The first kappa shape index (κ1) is 11.7. The van der Waals surface area contributed by atoms with Crippen LogP contribution in [0.5, 0.6) is 0 Å². The molecule has 1 nitrogen and oxygen atoms in total. The first-order valence-corrected chi connectivity index (χ1v) is 5.19. The molecule has 0 heterocycles. The van der Waals surface area contributed by atoms with Crippen LogP contribution in [0.25, 0.3) is 11.1 Å². The third-order valence-corrected chi connectivity index (χ3v) is 2.53. The lowest BCUT2D eigenvalue weighted by Gasteiger charge is -2.04. The minimum atomic E-state index is -0.935. The fourth-order valence-corrected chi connectivity index (χ4v) is 1.77. The summed E-state index contributed by atoms with van der Waals surface area (Å²) in [6.45, 7) is 0. The third-order valence-electron chi connectivity index (χ3n) is 2.31. The molecule has 0 bridgehead atoms. The van der Waals surface area contributed by atoms with Gasteiger partial charge < -0.3 is 0 Å². The summed E-state index contributed by atoms with van der Waals surface area (Å²) in [5, 5.41) is 0.370. The van der Waals surface area contributed by atoms with Crippen molar-refractivity contribution in [1.29, 1.82) is 0 Å². The van der Waals surface area contributed by atoms with Crippen molar-refractivity contribution in [2.45, 2.75) is 0 Å². The van der Waals surface area contributed by atoms with Crippen LogP contribution in [0.4, 0.5) is 8.78 Å². The number of halogens is 3. The number of hydrogen-bond acceptors (Lipinski definition) is 1. The summed E-state index contributed by atoms with van der Waals surface area (Å²) >= 11 is 5.82. The summed E-state index contributed by atoms with van der Waals surface area (Å²) in [4.78, 5) is 10.7. The summed E-state index contributed by atoms with van der Waals surface area (Å²) < 4.78 is 25.9. The van der Waals surface area contributed by atoms with Crippen LogP contribution in [0.15, 0.2) is 36.4 Å². The van der Waals surface area contributed by atoms with Gasteiger partial charge in [0.15, 0.2) is 11.6 Å². The normalized spacial score (nSPS) is 10.3. The Hall–Kier alpha value is -1.74. The van der Waals surface area contributed by atoms with E-state index in [1.165, 1.54) is 12.1 Å². The van der Waals surface area contributed by atoms with Crippen LogP contribution in [-0.2, 0) is 0 Å². The van der Waals surface area contributed by atoms with Gasteiger partial charge in [-0.25, -0.2) is 8.78 Å². The second kappa shape index (κ2) is 4.63. The van der Waals surface area contributed by atoms with Crippen LogP contribution in [0.1, 0.15) is 10.4 Å². The van der Waals surface area contributed by atoms with E-state index in [1.807, 2.05) is 0 Å². The molecule has 0 aliphatic heterocycles. The highest BCUT2D eigenvalue weighted by atomic mass is 35.5. The van der Waals surface area contributed by atoms with Gasteiger partial charge in [-0.15, -0.1) is 0 Å². The van der Waals surface area contributed by atoms with Crippen LogP contribution >= 0.6 is 11.6 Å². The molecule has 4 heteroatoms. The predicted octanol–water partition coefficient (Wildman–Crippen LogP) is 4.10. The van der Waals surface area contributed by atoms with E-state index in [0.717, 1.165) is 12.1 Å². The minimum Gasteiger partial charge on any atom is -0.298 e. The molecule has 0 aromatic heterocycles. The lowest BCUT2D eigenvalue weighted by molar-refractivity contribution is 0.112. The number of benzene rings is 2. The van der Waals surface area contributed by atoms with Crippen LogP contribution < -0.4 is 0 Å². The van der Waals surface area contributed by atoms with Crippen LogP contribution in [0.2, 0.25) is 5.02 Å². The molecule has 0 aliphatic rings. The zero-order valence-electron chi connectivity index (χ0n) is 8.58. The molecular weight excluding hydrogens is 246 g/mol. The van der Waals surface area contributed by atoms with Gasteiger partial charge in [0.05, 0.1) is 0 Å². The van der Waals surface area contributed by atoms with Gasteiger partial charge in [0.1, 0.15) is 6.29 Å². The van der Waals surface area contributed by atoms with E-state index in [4.69, 9.17) is 11.6 Å². The molecule has 2 rings (SSSR count). The van der Waals surface area contributed by atoms with Crippen LogP contribution in [0.3, 0.4) is 0 Å². The standard InChI is InChI=1S/C13H7ClF2O/c14-11-4-8(7-17)3-10(5-11)9-1-2-12(15)13(16)6-9/h1-7H. The number of aldehydes is 1. The van der Waals surface area contributed by atoms with Crippen molar-refractivity contribution in [2.24, 2.45) is 0 Å². The van der Waals surface area contributed by atoms with E-state index >= 15 is 0 Å². The molecule has 86 valence electrons. The van der Waals surface area contributed by atoms with Crippen molar-refractivity contribution in [2.75, 3.05) is 0 Å². The second-order valence-electron chi connectivity index (χ2n) is 3.52. The second-order valence-corrected chi connectivity index (χ2v) is 3.96. The lowest BCUT2D eigenvalue weighted by Crippen LogP contribution is -1.87. The molecule has 0 saturated heterocycles. The van der Waals surface area contributed by atoms with E-state index in [0.29, 0.717) is 28.0 Å². The Bertz CT molecular complexity index is 582. The quantitative estimate of drug-likeness (QED) is 0.736. The van der Waals surface area contributed by atoms with E-state index in [-0.39, 0.29) is 0 Å². The molecule has 0 spiro atoms. The lowest BCUT2D eigenvalue weighted by atomic mass is 10.0. The van der Waals surface area contributed by atoms with Gasteiger partial charge in [-0.1, -0.05) is 17.7 Å². The minimum absolute atomic E-state index is 0.370. The zero-order valence-corrected chi connectivity index (χ0v) is 9.34. The van der Waals surface area contributed by atoms with Crippen LogP contribution in [-0.4, -0.2) is 6.29 Å². The Kier molecular flexibility index (Phi) is 3.20. The highest BCUT2D eigenvalue weighted by Gasteiger charge is 2.06. The first-order valence-electron chi connectivity index (χ1n) is 4.81. The van der Waals surface area contributed by atoms with E-state index in [2.05, 4.69) is 0 Å². The number of carbonyl (C=O) groups is 1. The average Bonchev–Trinajstić information content (AvgIpc) is 2.32. The molecule has 0 saturated carbocycles. The monoisotopic (exact) mass is 252 g/mol. The highest BCUT2D eigenvalue weighted by molar-refractivity contribution is 6.31. The molecular formula is C13H7ClF2O. The third kappa shape index (κ3) is 2.50. The van der Waals surface area contributed by atoms with E-state index in [9.17, 15) is 13.6 Å². The van der Waals surface area contributed by atoms with Gasteiger partial charge in [-0.2, -0.15) is 0 Å². The number of rotatable bonds is 2. The summed E-state index contributed by atoms with van der Waals surface area (Å²) in [7, 11) is 0.